The molecule has 0 fully saturated rings. The number of nitro groups is 1. The van der Waals surface area contributed by atoms with Gasteiger partial charge in [0.2, 0.25) is 0 Å². The first-order chi connectivity index (χ1) is 7.90. The highest BCUT2D eigenvalue weighted by Gasteiger charge is 2.33. The van der Waals surface area contributed by atoms with Gasteiger partial charge in [0, 0.05) is 6.20 Å². The van der Waals surface area contributed by atoms with Gasteiger partial charge in [-0.3, -0.25) is 10.1 Å². The molecule has 1 N–H and O–H groups in total. The van der Waals surface area contributed by atoms with Crippen molar-refractivity contribution < 1.29 is 23.6 Å². The molecule has 0 bridgehead atoms. The molecule has 0 aliphatic carbocycles. The zero-order chi connectivity index (χ0) is 13.2. The third kappa shape index (κ3) is 2.15. The van der Waals surface area contributed by atoms with E-state index in [9.17, 15) is 23.7 Å². The molecule has 0 aliphatic rings. The molecule has 0 aromatic carbocycles. The predicted molar refractivity (Wildman–Crippen MR) is 47.5 cm³/mol. The Morgan fingerprint density at radius 1 is 1.65 bits per heavy atom. The number of aromatic carboxylic acids is 1. The van der Waals surface area contributed by atoms with Gasteiger partial charge in [-0.15, -0.1) is 0 Å². The fraction of sp³-hybridized carbons (Fsp3) is 0.125. The lowest BCUT2D eigenvalue weighted by Crippen LogP contribution is -2.09. The Morgan fingerprint density at radius 2 is 2.24 bits per heavy atom. The van der Waals surface area contributed by atoms with E-state index in [2.05, 4.69) is 4.98 Å². The van der Waals surface area contributed by atoms with E-state index in [0.29, 0.717) is 6.20 Å². The minimum Gasteiger partial charge on any atom is -0.477 e. The minimum absolute atomic E-state index is 0.505. The highest BCUT2D eigenvalue weighted by Crippen LogP contribution is 2.33. The van der Waals surface area contributed by atoms with Crippen molar-refractivity contribution in [3.8, 4) is 6.07 Å². The molecule has 0 unspecified atom stereocenters. The van der Waals surface area contributed by atoms with E-state index in [1.807, 2.05) is 0 Å². The molecule has 1 heterocycles. The maximum Gasteiger partial charge on any atom is 0.344 e. The van der Waals surface area contributed by atoms with Crippen molar-refractivity contribution in [1.82, 2.24) is 4.98 Å². The van der Waals surface area contributed by atoms with Gasteiger partial charge in [0.05, 0.1) is 4.92 Å². The maximum absolute atomic E-state index is 12.6. The third-order valence-electron chi connectivity index (χ3n) is 1.83. The molecular weight excluding hydrogens is 240 g/mol. The van der Waals surface area contributed by atoms with Crippen molar-refractivity contribution >= 4 is 11.7 Å². The number of alkyl halides is 2. The molecule has 1 aromatic heterocycles. The number of carbonyl (C=O) groups is 1. The van der Waals surface area contributed by atoms with Crippen LogP contribution in [0.2, 0.25) is 0 Å². The van der Waals surface area contributed by atoms with Crippen LogP contribution in [-0.2, 0) is 0 Å². The topological polar surface area (TPSA) is 117 Å². The summed E-state index contributed by atoms with van der Waals surface area (Å²) >= 11 is 0. The standard InChI is InChI=1S/C8H3F2N3O4/c9-7(10)5-4(1-11)12-2-3(8(14)15)6(5)13(16)17/h2,7H,(H,14,15). The van der Waals surface area contributed by atoms with Gasteiger partial charge >= 0.3 is 5.97 Å². The van der Waals surface area contributed by atoms with Crippen molar-refractivity contribution in [2.45, 2.75) is 6.43 Å². The minimum atomic E-state index is -3.36. The largest absolute Gasteiger partial charge is 0.477 e. The van der Waals surface area contributed by atoms with E-state index in [0.717, 1.165) is 0 Å². The number of nitrogens with zero attached hydrogens (tertiary/aromatic N) is 3. The Balaban J connectivity index is 3.73. The first-order valence-corrected chi connectivity index (χ1v) is 3.99. The summed E-state index contributed by atoms with van der Waals surface area (Å²) in [5.41, 5.74) is -4.43. The second-order valence-corrected chi connectivity index (χ2v) is 2.76. The van der Waals surface area contributed by atoms with E-state index in [-0.39, 0.29) is 0 Å². The predicted octanol–water partition coefficient (Wildman–Crippen LogP) is 1.50. The number of carboxylic acids is 1. The summed E-state index contributed by atoms with van der Waals surface area (Å²) in [6, 6.07) is 1.25. The number of rotatable bonds is 3. The van der Waals surface area contributed by atoms with E-state index in [1.54, 1.807) is 0 Å². The van der Waals surface area contributed by atoms with Gasteiger partial charge < -0.3 is 5.11 Å². The molecule has 0 spiro atoms. The zero-order valence-electron chi connectivity index (χ0n) is 7.92. The first-order valence-electron chi connectivity index (χ1n) is 3.99. The van der Waals surface area contributed by atoms with Gasteiger partial charge in [0.15, 0.2) is 11.3 Å². The van der Waals surface area contributed by atoms with Crippen LogP contribution in [0.1, 0.15) is 28.0 Å². The fourth-order valence-electron chi connectivity index (χ4n) is 1.17. The molecule has 88 valence electrons. The molecule has 0 saturated carbocycles. The summed E-state index contributed by atoms with van der Waals surface area (Å²) < 4.78 is 25.2. The average Bonchev–Trinajstić information content (AvgIpc) is 2.26. The smallest absolute Gasteiger partial charge is 0.344 e. The van der Waals surface area contributed by atoms with Crippen molar-refractivity contribution in [2.24, 2.45) is 0 Å². The lowest BCUT2D eigenvalue weighted by molar-refractivity contribution is -0.386. The molecule has 0 atom stereocenters. The van der Waals surface area contributed by atoms with Gasteiger partial charge in [-0.2, -0.15) is 5.26 Å². The van der Waals surface area contributed by atoms with Gasteiger partial charge in [-0.25, -0.2) is 18.6 Å². The SMILES string of the molecule is N#Cc1ncc(C(=O)O)c([N+](=O)[O-])c1C(F)F. The van der Waals surface area contributed by atoms with Crippen molar-refractivity contribution in [2.75, 3.05) is 0 Å². The molecule has 7 nitrogen and oxygen atoms in total. The quantitative estimate of drug-likeness (QED) is 0.634. The third-order valence-corrected chi connectivity index (χ3v) is 1.83. The van der Waals surface area contributed by atoms with Crippen molar-refractivity contribution in [3.05, 3.63) is 33.1 Å². The number of hydrogen-bond donors (Lipinski definition) is 1. The summed E-state index contributed by atoms with van der Waals surface area (Å²) in [7, 11) is 0. The summed E-state index contributed by atoms with van der Waals surface area (Å²) in [6.45, 7) is 0. The second-order valence-electron chi connectivity index (χ2n) is 2.76. The van der Waals surface area contributed by atoms with Gasteiger partial charge in [0.25, 0.3) is 12.1 Å². The zero-order valence-corrected chi connectivity index (χ0v) is 7.92. The van der Waals surface area contributed by atoms with Crippen LogP contribution >= 0.6 is 0 Å². The summed E-state index contributed by atoms with van der Waals surface area (Å²) in [5, 5.41) is 27.7. The Hall–Kier alpha value is -2.63. The summed E-state index contributed by atoms with van der Waals surface area (Å²) in [6.07, 6.45) is -2.86. The molecular formula is C8H3F2N3O4. The van der Waals surface area contributed by atoms with Crippen molar-refractivity contribution in [3.63, 3.8) is 0 Å². The monoisotopic (exact) mass is 243 g/mol. The van der Waals surface area contributed by atoms with E-state index < -0.39 is 39.8 Å². The Morgan fingerprint density at radius 3 is 2.59 bits per heavy atom. The van der Waals surface area contributed by atoms with Gasteiger partial charge in [-0.05, 0) is 0 Å². The molecule has 1 aromatic rings. The summed E-state index contributed by atoms with van der Waals surface area (Å²) in [4.78, 5) is 23.1. The molecule has 0 amide bonds. The Labute approximate surface area is 92.1 Å². The van der Waals surface area contributed by atoms with Crippen LogP contribution in [-0.4, -0.2) is 21.0 Å². The Bertz CT molecular complexity index is 538. The fourth-order valence-corrected chi connectivity index (χ4v) is 1.17. The molecule has 1 rings (SSSR count). The highest BCUT2D eigenvalue weighted by atomic mass is 19.3. The highest BCUT2D eigenvalue weighted by molar-refractivity contribution is 5.93. The number of nitriles is 1. The molecule has 0 radical (unpaired) electrons. The lowest BCUT2D eigenvalue weighted by atomic mass is 10.1. The molecule has 9 heteroatoms. The Kier molecular flexibility index (Phi) is 3.28. The van der Waals surface area contributed by atoms with E-state index in [4.69, 9.17) is 10.4 Å². The number of pyridine rings is 1. The number of aromatic nitrogens is 1. The summed E-state index contributed by atoms with van der Waals surface area (Å²) in [5.74, 6) is -1.77. The van der Waals surface area contributed by atoms with Crippen LogP contribution in [0.4, 0.5) is 14.5 Å². The van der Waals surface area contributed by atoms with Crippen molar-refractivity contribution in [1.29, 1.82) is 5.26 Å². The van der Waals surface area contributed by atoms with Gasteiger partial charge in [0.1, 0.15) is 11.6 Å². The number of halogens is 2. The molecule has 0 saturated heterocycles. The van der Waals surface area contributed by atoms with Crippen LogP contribution in [0.5, 0.6) is 0 Å². The van der Waals surface area contributed by atoms with Crippen LogP contribution in [0.25, 0.3) is 0 Å². The number of hydrogen-bond acceptors (Lipinski definition) is 5. The second kappa shape index (κ2) is 4.48. The maximum atomic E-state index is 12.6. The van der Waals surface area contributed by atoms with Crippen LogP contribution in [0.3, 0.4) is 0 Å². The number of carboxylic acid groups (broad SMARTS) is 1. The molecule has 0 aliphatic heterocycles. The molecule has 17 heavy (non-hydrogen) atoms. The van der Waals surface area contributed by atoms with Crippen LogP contribution < -0.4 is 0 Å². The lowest BCUT2D eigenvalue weighted by Gasteiger charge is -2.05. The van der Waals surface area contributed by atoms with Crippen LogP contribution in [0, 0.1) is 21.4 Å². The van der Waals surface area contributed by atoms with E-state index in [1.165, 1.54) is 6.07 Å². The average molecular weight is 243 g/mol. The van der Waals surface area contributed by atoms with Crippen LogP contribution in [0.15, 0.2) is 6.20 Å². The van der Waals surface area contributed by atoms with Gasteiger partial charge in [-0.1, -0.05) is 0 Å². The first kappa shape index (κ1) is 12.4. The normalized spacial score (nSPS) is 10.0. The van der Waals surface area contributed by atoms with E-state index >= 15 is 0 Å².